The van der Waals surface area contributed by atoms with E-state index in [1.165, 1.54) is 6.08 Å². The second kappa shape index (κ2) is 6.53. The number of carboxylic acids is 1. The quantitative estimate of drug-likeness (QED) is 0.451. The Morgan fingerprint density at radius 2 is 1.84 bits per heavy atom. The number of hydrogen-bond acceptors (Lipinski definition) is 2. The van der Waals surface area contributed by atoms with Crippen LogP contribution in [0.4, 0.5) is 0 Å². The first-order chi connectivity index (χ1) is 8.42. The molecule has 0 aromatic carbocycles. The third kappa shape index (κ3) is 5.33. The molecule has 2 atom stereocenters. The van der Waals surface area contributed by atoms with Crippen molar-refractivity contribution in [2.24, 2.45) is 5.92 Å². The lowest BCUT2D eigenvalue weighted by molar-refractivity contribution is -0.131. The van der Waals surface area contributed by atoms with Gasteiger partial charge in [-0.15, -0.1) is 6.58 Å². The van der Waals surface area contributed by atoms with Crippen molar-refractivity contribution in [2.45, 2.75) is 58.9 Å². The summed E-state index contributed by atoms with van der Waals surface area (Å²) in [6, 6.07) is 0. The Bertz CT molecular complexity index is 364. The van der Waals surface area contributed by atoms with E-state index in [9.17, 15) is 4.79 Å². The standard InChI is InChI=1S/C15H28O3Si/c1-9-13(12(3)11(2)10-14(16)17)18-19(7,8)15(4,5)6/h9-10,12-13H,1H2,2-8H3,(H,16,17)/b11-10+/t12-,13+/m0/s1. The zero-order chi connectivity index (χ0) is 15.4. The average Bonchev–Trinajstić information content (AvgIpc) is 2.22. The Morgan fingerprint density at radius 1 is 1.37 bits per heavy atom. The topological polar surface area (TPSA) is 46.5 Å². The molecule has 19 heavy (non-hydrogen) atoms. The molecule has 0 saturated heterocycles. The highest BCUT2D eigenvalue weighted by Crippen LogP contribution is 2.38. The van der Waals surface area contributed by atoms with E-state index < -0.39 is 14.3 Å². The van der Waals surface area contributed by atoms with E-state index in [-0.39, 0.29) is 17.1 Å². The fraction of sp³-hybridized carbons (Fsp3) is 0.667. The molecule has 0 aromatic heterocycles. The summed E-state index contributed by atoms with van der Waals surface area (Å²) >= 11 is 0. The average molecular weight is 284 g/mol. The summed E-state index contributed by atoms with van der Waals surface area (Å²) in [7, 11) is -1.88. The van der Waals surface area contributed by atoms with Crippen molar-refractivity contribution in [3.63, 3.8) is 0 Å². The van der Waals surface area contributed by atoms with Crippen molar-refractivity contribution in [2.75, 3.05) is 0 Å². The minimum absolute atomic E-state index is 0.0164. The minimum atomic E-state index is -1.88. The van der Waals surface area contributed by atoms with Gasteiger partial charge in [0.1, 0.15) is 0 Å². The number of rotatable bonds is 6. The molecule has 3 nitrogen and oxygen atoms in total. The highest BCUT2D eigenvalue weighted by Gasteiger charge is 2.39. The molecular weight excluding hydrogens is 256 g/mol. The maximum Gasteiger partial charge on any atom is 0.328 e. The van der Waals surface area contributed by atoms with Crippen molar-refractivity contribution in [1.29, 1.82) is 0 Å². The van der Waals surface area contributed by atoms with Gasteiger partial charge in [0.05, 0.1) is 6.10 Å². The first-order valence-corrected chi connectivity index (χ1v) is 9.54. The van der Waals surface area contributed by atoms with Crippen LogP contribution in [0.25, 0.3) is 0 Å². The van der Waals surface area contributed by atoms with Crippen LogP contribution in [-0.2, 0) is 9.22 Å². The minimum Gasteiger partial charge on any atom is -0.478 e. The SMILES string of the molecule is C=C[C@@H](O[Si](C)(C)C(C)(C)C)[C@@H](C)/C(C)=C/C(=O)O. The molecule has 0 bridgehead atoms. The second-order valence-electron chi connectivity index (χ2n) is 6.59. The Hall–Kier alpha value is -0.873. The molecule has 0 aromatic rings. The summed E-state index contributed by atoms with van der Waals surface area (Å²) in [4.78, 5) is 10.7. The van der Waals surface area contributed by atoms with Crippen molar-refractivity contribution < 1.29 is 14.3 Å². The Kier molecular flexibility index (Phi) is 6.23. The molecular formula is C15H28O3Si. The van der Waals surface area contributed by atoms with Gasteiger partial charge in [-0.1, -0.05) is 39.3 Å². The van der Waals surface area contributed by atoms with Crippen LogP contribution in [0.3, 0.4) is 0 Å². The van der Waals surface area contributed by atoms with Gasteiger partial charge < -0.3 is 9.53 Å². The summed E-state index contributed by atoms with van der Waals surface area (Å²) < 4.78 is 6.30. The second-order valence-corrected chi connectivity index (χ2v) is 11.4. The van der Waals surface area contributed by atoms with Crippen LogP contribution in [0.5, 0.6) is 0 Å². The van der Waals surface area contributed by atoms with Gasteiger partial charge in [-0.05, 0) is 25.1 Å². The van der Waals surface area contributed by atoms with Gasteiger partial charge >= 0.3 is 5.97 Å². The lowest BCUT2D eigenvalue weighted by Crippen LogP contribution is -2.45. The van der Waals surface area contributed by atoms with Crippen molar-refractivity contribution in [1.82, 2.24) is 0 Å². The van der Waals surface area contributed by atoms with Crippen molar-refractivity contribution in [3.8, 4) is 0 Å². The first-order valence-electron chi connectivity index (χ1n) is 6.64. The zero-order valence-corrected chi connectivity index (χ0v) is 14.3. The highest BCUT2D eigenvalue weighted by atomic mass is 28.4. The van der Waals surface area contributed by atoms with Gasteiger partial charge in [0.15, 0.2) is 8.32 Å². The van der Waals surface area contributed by atoms with Gasteiger partial charge in [-0.3, -0.25) is 0 Å². The summed E-state index contributed by atoms with van der Waals surface area (Å²) in [6.07, 6.45) is 2.89. The van der Waals surface area contributed by atoms with Crippen LogP contribution in [0.15, 0.2) is 24.3 Å². The summed E-state index contributed by atoms with van der Waals surface area (Å²) in [5, 5.41) is 8.94. The summed E-state index contributed by atoms with van der Waals surface area (Å²) in [6.45, 7) is 18.6. The molecule has 0 rings (SSSR count). The van der Waals surface area contributed by atoms with E-state index in [2.05, 4.69) is 40.4 Å². The molecule has 0 aliphatic heterocycles. The number of carboxylic acid groups (broad SMARTS) is 1. The summed E-state index contributed by atoms with van der Waals surface area (Å²) in [5.41, 5.74) is 0.802. The lowest BCUT2D eigenvalue weighted by atomic mass is 9.96. The van der Waals surface area contributed by atoms with Gasteiger partial charge in [0, 0.05) is 12.0 Å². The maximum atomic E-state index is 10.7. The smallest absolute Gasteiger partial charge is 0.328 e. The van der Waals surface area contributed by atoms with Gasteiger partial charge in [0.2, 0.25) is 0 Å². The lowest BCUT2D eigenvalue weighted by Gasteiger charge is -2.40. The fourth-order valence-corrected chi connectivity index (χ4v) is 2.79. The Morgan fingerprint density at radius 3 is 2.16 bits per heavy atom. The molecule has 0 spiro atoms. The Balaban J connectivity index is 5.05. The van der Waals surface area contributed by atoms with E-state index in [0.717, 1.165) is 5.57 Å². The zero-order valence-electron chi connectivity index (χ0n) is 13.3. The highest BCUT2D eigenvalue weighted by molar-refractivity contribution is 6.74. The molecule has 0 unspecified atom stereocenters. The third-order valence-electron chi connectivity index (χ3n) is 4.03. The third-order valence-corrected chi connectivity index (χ3v) is 8.51. The Labute approximate surface area is 118 Å². The van der Waals surface area contributed by atoms with Crippen molar-refractivity contribution in [3.05, 3.63) is 24.3 Å². The van der Waals surface area contributed by atoms with E-state index in [0.29, 0.717) is 0 Å². The normalized spacial score (nSPS) is 16.9. The molecule has 1 N–H and O–H groups in total. The van der Waals surface area contributed by atoms with Crippen molar-refractivity contribution >= 4 is 14.3 Å². The number of carbonyl (C=O) groups is 1. The van der Waals surface area contributed by atoms with Crippen LogP contribution in [-0.4, -0.2) is 25.5 Å². The largest absolute Gasteiger partial charge is 0.478 e. The molecule has 0 heterocycles. The molecule has 110 valence electrons. The molecule has 0 radical (unpaired) electrons. The van der Waals surface area contributed by atoms with Crippen LogP contribution >= 0.6 is 0 Å². The van der Waals surface area contributed by atoms with Gasteiger partial charge in [-0.25, -0.2) is 4.79 Å². The molecule has 0 aliphatic carbocycles. The molecule has 0 saturated carbocycles. The maximum absolute atomic E-state index is 10.7. The van der Waals surface area contributed by atoms with Crippen LogP contribution in [0.1, 0.15) is 34.6 Å². The predicted octanol–water partition coefficient (Wildman–Crippen LogP) is 4.23. The van der Waals surface area contributed by atoms with E-state index in [4.69, 9.17) is 9.53 Å². The fourth-order valence-electron chi connectivity index (χ4n) is 1.46. The van der Waals surface area contributed by atoms with Crippen LogP contribution < -0.4 is 0 Å². The van der Waals surface area contributed by atoms with Crippen LogP contribution in [0.2, 0.25) is 18.1 Å². The molecule has 0 fully saturated rings. The molecule has 0 amide bonds. The molecule has 0 aliphatic rings. The van der Waals surface area contributed by atoms with E-state index in [1.807, 2.05) is 13.8 Å². The predicted molar refractivity (Wildman–Crippen MR) is 82.8 cm³/mol. The van der Waals surface area contributed by atoms with E-state index in [1.54, 1.807) is 6.08 Å². The molecule has 4 heteroatoms. The van der Waals surface area contributed by atoms with Gasteiger partial charge in [-0.2, -0.15) is 0 Å². The van der Waals surface area contributed by atoms with Crippen LogP contribution in [0, 0.1) is 5.92 Å². The van der Waals surface area contributed by atoms with E-state index >= 15 is 0 Å². The number of aliphatic carboxylic acids is 1. The monoisotopic (exact) mass is 284 g/mol. The van der Waals surface area contributed by atoms with Gasteiger partial charge in [0.25, 0.3) is 0 Å². The number of hydrogen-bond donors (Lipinski definition) is 1. The first kappa shape index (κ1) is 18.1. The summed E-state index contributed by atoms with van der Waals surface area (Å²) in [5.74, 6) is -0.901.